The molecule has 1 aliphatic rings. The number of benzene rings is 1. The molecule has 94 valence electrons. The first-order valence-corrected chi connectivity index (χ1v) is 6.14. The number of nitrogens with zero attached hydrogens (tertiary/aromatic N) is 1. The molecule has 1 aromatic carbocycles. The van der Waals surface area contributed by atoms with Crippen LogP contribution in [0.15, 0.2) is 24.3 Å². The zero-order chi connectivity index (χ0) is 12.8. The fourth-order valence-corrected chi connectivity index (χ4v) is 1.98. The Morgan fingerprint density at radius 2 is 2.22 bits per heavy atom. The molecule has 2 rings (SSSR count). The van der Waals surface area contributed by atoms with E-state index in [9.17, 15) is 4.79 Å². The third-order valence-electron chi connectivity index (χ3n) is 3.08. The van der Waals surface area contributed by atoms with Crippen LogP contribution >= 0.6 is 0 Å². The Labute approximate surface area is 107 Å². The van der Waals surface area contributed by atoms with Crippen LogP contribution in [-0.4, -0.2) is 19.1 Å². The van der Waals surface area contributed by atoms with Gasteiger partial charge in [-0.3, -0.25) is 4.79 Å². The second-order valence-corrected chi connectivity index (χ2v) is 4.44. The first-order valence-electron chi connectivity index (χ1n) is 6.14. The lowest BCUT2D eigenvalue weighted by Gasteiger charge is -2.21. The van der Waals surface area contributed by atoms with Crippen molar-refractivity contribution in [1.29, 1.82) is 5.26 Å². The number of carbonyl (C=O) groups is 1. The van der Waals surface area contributed by atoms with Gasteiger partial charge in [0.05, 0.1) is 24.2 Å². The predicted molar refractivity (Wildman–Crippen MR) is 66.5 cm³/mol. The fourth-order valence-electron chi connectivity index (χ4n) is 1.98. The molecule has 1 aromatic rings. The van der Waals surface area contributed by atoms with E-state index in [1.807, 2.05) is 12.1 Å². The fraction of sp³-hybridized carbons (Fsp3) is 0.429. The highest BCUT2D eigenvalue weighted by Crippen LogP contribution is 2.13. The zero-order valence-electron chi connectivity index (χ0n) is 10.2. The maximum Gasteiger partial charge on any atom is 0.225 e. The molecule has 1 aliphatic heterocycles. The number of nitrogens with one attached hydrogen (secondary N) is 1. The molecule has 4 heteroatoms. The van der Waals surface area contributed by atoms with Gasteiger partial charge in [-0.25, -0.2) is 0 Å². The molecule has 1 saturated heterocycles. The van der Waals surface area contributed by atoms with Gasteiger partial charge in [-0.1, -0.05) is 12.1 Å². The molecule has 0 aliphatic carbocycles. The van der Waals surface area contributed by atoms with E-state index >= 15 is 0 Å². The van der Waals surface area contributed by atoms with Gasteiger partial charge in [0.1, 0.15) is 0 Å². The summed E-state index contributed by atoms with van der Waals surface area (Å²) in [6.45, 7) is 1.79. The lowest BCUT2D eigenvalue weighted by atomic mass is 10.0. The van der Waals surface area contributed by atoms with Crippen molar-refractivity contribution in [3.8, 4) is 6.07 Å². The summed E-state index contributed by atoms with van der Waals surface area (Å²) in [4.78, 5) is 11.9. The lowest BCUT2D eigenvalue weighted by molar-refractivity contribution is -0.129. The van der Waals surface area contributed by atoms with Crippen molar-refractivity contribution in [2.24, 2.45) is 5.92 Å². The number of hydrogen-bond donors (Lipinski definition) is 1. The molecule has 1 atom stereocenters. The van der Waals surface area contributed by atoms with Crippen LogP contribution in [0.25, 0.3) is 0 Å². The molecule has 1 amide bonds. The molecule has 1 heterocycles. The van der Waals surface area contributed by atoms with Crippen LogP contribution < -0.4 is 5.32 Å². The summed E-state index contributed by atoms with van der Waals surface area (Å²) in [5, 5.41) is 11.6. The summed E-state index contributed by atoms with van der Waals surface area (Å²) in [6, 6.07) is 9.29. The second-order valence-electron chi connectivity index (χ2n) is 4.44. The summed E-state index contributed by atoms with van der Waals surface area (Å²) < 4.78 is 5.29. The molecule has 0 saturated carbocycles. The SMILES string of the molecule is N#Cc1ccc(CNC(=O)C2CCCOC2)cc1. The molecular formula is C14H16N2O2. The normalized spacial score (nSPS) is 18.9. The van der Waals surface area contributed by atoms with Crippen molar-refractivity contribution in [1.82, 2.24) is 5.32 Å². The topological polar surface area (TPSA) is 62.1 Å². The van der Waals surface area contributed by atoms with Gasteiger partial charge in [0.2, 0.25) is 5.91 Å². The highest BCUT2D eigenvalue weighted by molar-refractivity contribution is 5.78. The summed E-state index contributed by atoms with van der Waals surface area (Å²) in [5.74, 6) is 0.0381. The third-order valence-corrected chi connectivity index (χ3v) is 3.08. The van der Waals surface area contributed by atoms with Gasteiger partial charge in [0, 0.05) is 13.2 Å². The van der Waals surface area contributed by atoms with Crippen molar-refractivity contribution in [2.45, 2.75) is 19.4 Å². The Morgan fingerprint density at radius 3 is 2.83 bits per heavy atom. The van der Waals surface area contributed by atoms with Crippen LogP contribution in [0, 0.1) is 17.2 Å². The molecular weight excluding hydrogens is 228 g/mol. The molecule has 0 radical (unpaired) electrons. The Kier molecular flexibility index (Phi) is 4.32. The Morgan fingerprint density at radius 1 is 1.44 bits per heavy atom. The average Bonchev–Trinajstić information content (AvgIpc) is 2.46. The maximum atomic E-state index is 11.9. The monoisotopic (exact) mass is 244 g/mol. The van der Waals surface area contributed by atoms with Crippen molar-refractivity contribution in [3.05, 3.63) is 35.4 Å². The van der Waals surface area contributed by atoms with E-state index < -0.39 is 0 Å². The highest BCUT2D eigenvalue weighted by Gasteiger charge is 2.21. The van der Waals surface area contributed by atoms with Crippen molar-refractivity contribution < 1.29 is 9.53 Å². The average molecular weight is 244 g/mol. The summed E-state index contributed by atoms with van der Waals surface area (Å²) >= 11 is 0. The zero-order valence-corrected chi connectivity index (χ0v) is 10.2. The van der Waals surface area contributed by atoms with E-state index in [0.717, 1.165) is 25.0 Å². The van der Waals surface area contributed by atoms with Gasteiger partial charge < -0.3 is 10.1 Å². The van der Waals surface area contributed by atoms with Crippen molar-refractivity contribution in [3.63, 3.8) is 0 Å². The first-order chi connectivity index (χ1) is 8.79. The third kappa shape index (κ3) is 3.31. The van der Waals surface area contributed by atoms with Crippen LogP contribution in [0.5, 0.6) is 0 Å². The highest BCUT2D eigenvalue weighted by atomic mass is 16.5. The van der Waals surface area contributed by atoms with Gasteiger partial charge >= 0.3 is 0 Å². The van der Waals surface area contributed by atoms with E-state index in [2.05, 4.69) is 11.4 Å². The van der Waals surface area contributed by atoms with Crippen molar-refractivity contribution >= 4 is 5.91 Å². The van der Waals surface area contributed by atoms with E-state index in [1.165, 1.54) is 0 Å². The van der Waals surface area contributed by atoms with Crippen molar-refractivity contribution in [2.75, 3.05) is 13.2 Å². The minimum Gasteiger partial charge on any atom is -0.381 e. The molecule has 1 N–H and O–H groups in total. The minimum absolute atomic E-state index is 0.0165. The van der Waals surface area contributed by atoms with Gasteiger partial charge in [-0.2, -0.15) is 5.26 Å². The van der Waals surface area contributed by atoms with Gasteiger partial charge in [-0.15, -0.1) is 0 Å². The van der Waals surface area contributed by atoms with E-state index in [0.29, 0.717) is 18.7 Å². The number of amides is 1. The maximum absolute atomic E-state index is 11.9. The Balaban J connectivity index is 1.83. The van der Waals surface area contributed by atoms with Crippen LogP contribution in [0.2, 0.25) is 0 Å². The largest absolute Gasteiger partial charge is 0.381 e. The van der Waals surface area contributed by atoms with Crippen LogP contribution in [-0.2, 0) is 16.1 Å². The molecule has 0 bridgehead atoms. The predicted octanol–water partition coefficient (Wildman–Crippen LogP) is 1.60. The molecule has 18 heavy (non-hydrogen) atoms. The summed E-state index contributed by atoms with van der Waals surface area (Å²) in [7, 11) is 0. The standard InChI is InChI=1S/C14H16N2O2/c15-8-11-3-5-12(6-4-11)9-16-14(17)13-2-1-7-18-10-13/h3-6,13H,1-2,7,9-10H2,(H,16,17). The molecule has 1 unspecified atom stereocenters. The number of nitriles is 1. The summed E-state index contributed by atoms with van der Waals surface area (Å²) in [6.07, 6.45) is 1.86. The number of ether oxygens (including phenoxy) is 1. The minimum atomic E-state index is -0.0165. The molecule has 0 aromatic heterocycles. The lowest BCUT2D eigenvalue weighted by Crippen LogP contribution is -2.35. The van der Waals surface area contributed by atoms with E-state index in [4.69, 9.17) is 10.00 Å². The number of carbonyl (C=O) groups excluding carboxylic acids is 1. The molecule has 1 fully saturated rings. The van der Waals surface area contributed by atoms with Gasteiger partial charge in [0.15, 0.2) is 0 Å². The van der Waals surface area contributed by atoms with Crippen LogP contribution in [0.4, 0.5) is 0 Å². The molecule has 4 nitrogen and oxygen atoms in total. The smallest absolute Gasteiger partial charge is 0.225 e. The van der Waals surface area contributed by atoms with E-state index in [-0.39, 0.29) is 11.8 Å². The van der Waals surface area contributed by atoms with Crippen LogP contribution in [0.3, 0.4) is 0 Å². The second kappa shape index (κ2) is 6.18. The van der Waals surface area contributed by atoms with Crippen LogP contribution in [0.1, 0.15) is 24.0 Å². The Bertz CT molecular complexity index is 442. The number of hydrogen-bond acceptors (Lipinski definition) is 3. The first kappa shape index (κ1) is 12.6. The quantitative estimate of drug-likeness (QED) is 0.878. The summed E-state index contributed by atoms with van der Waals surface area (Å²) in [5.41, 5.74) is 1.63. The molecule has 0 spiro atoms. The van der Waals surface area contributed by atoms with Gasteiger partial charge in [0.25, 0.3) is 0 Å². The van der Waals surface area contributed by atoms with Gasteiger partial charge in [-0.05, 0) is 30.5 Å². The Hall–Kier alpha value is -1.86. The number of rotatable bonds is 3. The van der Waals surface area contributed by atoms with E-state index in [1.54, 1.807) is 12.1 Å².